The highest BCUT2D eigenvalue weighted by Crippen LogP contribution is 2.28. The maximum absolute atomic E-state index is 9.05. The Bertz CT molecular complexity index is 292. The summed E-state index contributed by atoms with van der Waals surface area (Å²) in [6.07, 6.45) is 12.5. The van der Waals surface area contributed by atoms with Crippen LogP contribution in [0.1, 0.15) is 6.42 Å². The largest absolute Gasteiger partial charge is 0.384 e. The van der Waals surface area contributed by atoms with Gasteiger partial charge < -0.3 is 4.90 Å². The second kappa shape index (κ2) is 3.95. The standard InChI is InChI=1S/C11H14N2/c1-13(2)9-8-11(10-12)6-4-3-5-7-11/h3-6,8-9H,7H2,1-2H3. The molecule has 0 aromatic rings. The predicted octanol–water partition coefficient (Wildman–Crippen LogP) is 2.09. The van der Waals surface area contributed by atoms with Gasteiger partial charge in [-0.05, 0) is 18.7 Å². The van der Waals surface area contributed by atoms with Crippen LogP contribution in [0.15, 0.2) is 36.6 Å². The van der Waals surface area contributed by atoms with Gasteiger partial charge in [0.05, 0.1) is 11.5 Å². The van der Waals surface area contributed by atoms with E-state index in [-0.39, 0.29) is 0 Å². The van der Waals surface area contributed by atoms with Crippen LogP contribution in [0.4, 0.5) is 0 Å². The number of hydrogen-bond donors (Lipinski definition) is 0. The normalized spacial score (nSPS) is 26.2. The first-order chi connectivity index (χ1) is 6.18. The maximum Gasteiger partial charge on any atom is 0.0987 e. The first kappa shape index (κ1) is 9.60. The van der Waals surface area contributed by atoms with Crippen molar-refractivity contribution in [3.05, 3.63) is 36.6 Å². The minimum absolute atomic E-state index is 0.432. The zero-order chi connectivity index (χ0) is 9.73. The zero-order valence-corrected chi connectivity index (χ0v) is 8.07. The van der Waals surface area contributed by atoms with Gasteiger partial charge in [-0.25, -0.2) is 0 Å². The molecular formula is C11H14N2. The number of nitrogens with zero attached hydrogens (tertiary/aromatic N) is 2. The molecule has 0 saturated carbocycles. The van der Waals surface area contributed by atoms with E-state index >= 15 is 0 Å². The number of nitriles is 1. The van der Waals surface area contributed by atoms with Crippen molar-refractivity contribution >= 4 is 0 Å². The van der Waals surface area contributed by atoms with Crippen LogP contribution < -0.4 is 0 Å². The molecule has 0 aromatic heterocycles. The lowest BCUT2D eigenvalue weighted by Gasteiger charge is -2.19. The van der Waals surface area contributed by atoms with E-state index in [4.69, 9.17) is 5.26 Å². The number of rotatable bonds is 2. The lowest BCUT2D eigenvalue weighted by molar-refractivity contribution is 0.544. The molecule has 0 amide bonds. The third-order valence-corrected chi connectivity index (χ3v) is 1.97. The molecule has 1 rings (SSSR count). The molecule has 0 radical (unpaired) electrons. The van der Waals surface area contributed by atoms with E-state index in [0.717, 1.165) is 6.42 Å². The lowest BCUT2D eigenvalue weighted by Crippen LogP contribution is -2.14. The number of allylic oxidation sites excluding steroid dienone is 5. The van der Waals surface area contributed by atoms with Gasteiger partial charge in [0.2, 0.25) is 0 Å². The Kier molecular flexibility index (Phi) is 2.92. The SMILES string of the molecule is CN(C)C=CC1(C#N)C=CC=CC1. The fourth-order valence-electron chi connectivity index (χ4n) is 1.16. The molecule has 0 spiro atoms. The van der Waals surface area contributed by atoms with E-state index < -0.39 is 5.41 Å². The van der Waals surface area contributed by atoms with Crippen LogP contribution in [0.5, 0.6) is 0 Å². The third kappa shape index (κ3) is 2.48. The van der Waals surface area contributed by atoms with Gasteiger partial charge >= 0.3 is 0 Å². The summed E-state index contributed by atoms with van der Waals surface area (Å²) in [5, 5.41) is 9.05. The summed E-state index contributed by atoms with van der Waals surface area (Å²) >= 11 is 0. The summed E-state index contributed by atoms with van der Waals surface area (Å²) in [6.45, 7) is 0. The molecule has 0 heterocycles. The van der Waals surface area contributed by atoms with Crippen molar-refractivity contribution in [2.75, 3.05) is 14.1 Å². The zero-order valence-electron chi connectivity index (χ0n) is 8.07. The minimum Gasteiger partial charge on any atom is -0.384 e. The van der Waals surface area contributed by atoms with Crippen molar-refractivity contribution in [1.82, 2.24) is 4.90 Å². The fraction of sp³-hybridized carbons (Fsp3) is 0.364. The van der Waals surface area contributed by atoms with E-state index in [9.17, 15) is 0 Å². The van der Waals surface area contributed by atoms with Crippen LogP contribution >= 0.6 is 0 Å². The Morgan fingerprint density at radius 1 is 1.46 bits per heavy atom. The Labute approximate surface area is 79.5 Å². The fourth-order valence-corrected chi connectivity index (χ4v) is 1.16. The highest BCUT2D eigenvalue weighted by Gasteiger charge is 2.22. The monoisotopic (exact) mass is 174 g/mol. The molecule has 2 nitrogen and oxygen atoms in total. The van der Waals surface area contributed by atoms with Crippen molar-refractivity contribution in [1.29, 1.82) is 5.26 Å². The van der Waals surface area contributed by atoms with Crippen LogP contribution in [0, 0.1) is 16.7 Å². The van der Waals surface area contributed by atoms with Gasteiger partial charge in [-0.1, -0.05) is 24.3 Å². The van der Waals surface area contributed by atoms with Gasteiger partial charge in [-0.15, -0.1) is 0 Å². The summed E-state index contributed by atoms with van der Waals surface area (Å²) in [6, 6.07) is 2.32. The van der Waals surface area contributed by atoms with Crippen LogP contribution in [-0.2, 0) is 0 Å². The van der Waals surface area contributed by atoms with Gasteiger partial charge in [0.15, 0.2) is 0 Å². The van der Waals surface area contributed by atoms with Gasteiger partial charge in [0, 0.05) is 14.1 Å². The van der Waals surface area contributed by atoms with Crippen LogP contribution in [0.25, 0.3) is 0 Å². The van der Waals surface area contributed by atoms with E-state index in [1.54, 1.807) is 0 Å². The molecule has 0 N–H and O–H groups in total. The van der Waals surface area contributed by atoms with Gasteiger partial charge in [0.1, 0.15) is 0 Å². The second-order valence-corrected chi connectivity index (χ2v) is 3.42. The Hall–Kier alpha value is -1.49. The Morgan fingerprint density at radius 2 is 2.23 bits per heavy atom. The van der Waals surface area contributed by atoms with Gasteiger partial charge in [-0.2, -0.15) is 5.26 Å². The van der Waals surface area contributed by atoms with Crippen molar-refractivity contribution in [3.8, 4) is 6.07 Å². The molecule has 0 saturated heterocycles. The third-order valence-electron chi connectivity index (χ3n) is 1.97. The molecule has 13 heavy (non-hydrogen) atoms. The number of hydrogen-bond acceptors (Lipinski definition) is 2. The average molecular weight is 174 g/mol. The molecule has 1 unspecified atom stereocenters. The molecule has 1 aliphatic carbocycles. The summed E-state index contributed by atoms with van der Waals surface area (Å²) in [7, 11) is 3.90. The average Bonchev–Trinajstić information content (AvgIpc) is 2.16. The van der Waals surface area contributed by atoms with E-state index in [1.165, 1.54) is 0 Å². The maximum atomic E-state index is 9.05. The molecule has 1 aliphatic rings. The molecule has 1 atom stereocenters. The predicted molar refractivity (Wildman–Crippen MR) is 53.8 cm³/mol. The van der Waals surface area contributed by atoms with Gasteiger partial charge in [0.25, 0.3) is 0 Å². The molecule has 0 aromatic carbocycles. The Balaban J connectivity index is 2.79. The van der Waals surface area contributed by atoms with E-state index in [1.807, 2.05) is 55.6 Å². The van der Waals surface area contributed by atoms with Crippen molar-refractivity contribution in [2.45, 2.75) is 6.42 Å². The molecule has 0 bridgehead atoms. The van der Waals surface area contributed by atoms with Crippen LogP contribution in [-0.4, -0.2) is 19.0 Å². The molecule has 2 heteroatoms. The molecule has 68 valence electrons. The Morgan fingerprint density at radius 3 is 2.69 bits per heavy atom. The highest BCUT2D eigenvalue weighted by molar-refractivity contribution is 5.29. The smallest absolute Gasteiger partial charge is 0.0987 e. The lowest BCUT2D eigenvalue weighted by atomic mass is 9.83. The van der Waals surface area contributed by atoms with Crippen molar-refractivity contribution in [3.63, 3.8) is 0 Å². The van der Waals surface area contributed by atoms with Crippen molar-refractivity contribution in [2.24, 2.45) is 5.41 Å². The van der Waals surface area contributed by atoms with E-state index in [2.05, 4.69) is 6.07 Å². The minimum atomic E-state index is -0.432. The summed E-state index contributed by atoms with van der Waals surface area (Å²) < 4.78 is 0. The summed E-state index contributed by atoms with van der Waals surface area (Å²) in [4.78, 5) is 1.94. The van der Waals surface area contributed by atoms with E-state index in [0.29, 0.717) is 0 Å². The van der Waals surface area contributed by atoms with Crippen LogP contribution in [0.2, 0.25) is 0 Å². The molecule has 0 aliphatic heterocycles. The summed E-state index contributed by atoms with van der Waals surface area (Å²) in [5.74, 6) is 0. The van der Waals surface area contributed by atoms with Gasteiger partial charge in [-0.3, -0.25) is 0 Å². The summed E-state index contributed by atoms with van der Waals surface area (Å²) in [5.41, 5.74) is -0.432. The highest BCUT2D eigenvalue weighted by atomic mass is 15.0. The molecular weight excluding hydrogens is 160 g/mol. The second-order valence-electron chi connectivity index (χ2n) is 3.42. The first-order valence-corrected chi connectivity index (χ1v) is 4.30. The molecule has 0 fully saturated rings. The first-order valence-electron chi connectivity index (χ1n) is 4.30. The quantitative estimate of drug-likeness (QED) is 0.641. The van der Waals surface area contributed by atoms with Crippen molar-refractivity contribution < 1.29 is 0 Å². The van der Waals surface area contributed by atoms with Crippen LogP contribution in [0.3, 0.4) is 0 Å². The topological polar surface area (TPSA) is 27.0 Å².